The zero-order valence-corrected chi connectivity index (χ0v) is 12.5. The molecular formula is C12H11ClN6OS. The molecule has 0 fully saturated rings. The van der Waals surface area contributed by atoms with Gasteiger partial charge in [0.25, 0.3) is 5.91 Å². The first-order valence-corrected chi connectivity index (χ1v) is 7.27. The predicted octanol–water partition coefficient (Wildman–Crippen LogP) is 2.46. The summed E-state index contributed by atoms with van der Waals surface area (Å²) in [5.74, 6) is -0.439. The molecule has 4 N–H and O–H groups in total. The fourth-order valence-electron chi connectivity index (χ4n) is 1.95. The van der Waals surface area contributed by atoms with Crippen LogP contribution >= 0.6 is 23.3 Å². The number of aromatic amines is 1. The lowest BCUT2D eigenvalue weighted by atomic mass is 10.2. The number of amides is 1. The Kier molecular flexibility index (Phi) is 3.48. The van der Waals surface area contributed by atoms with Crippen LogP contribution in [0, 0.1) is 0 Å². The maximum Gasteiger partial charge on any atom is 0.278 e. The normalized spacial score (nSPS) is 11.0. The number of rotatable bonds is 3. The highest BCUT2D eigenvalue weighted by atomic mass is 35.5. The molecule has 0 unspecified atom stereocenters. The minimum absolute atomic E-state index is 0.142. The summed E-state index contributed by atoms with van der Waals surface area (Å²) in [5, 5.41) is 9.77. The molecule has 0 saturated heterocycles. The van der Waals surface area contributed by atoms with Gasteiger partial charge in [-0.15, -0.1) is 0 Å². The number of hydrogen-bond donors (Lipinski definition) is 3. The number of fused-ring (bicyclic) bond motifs is 1. The molecule has 0 spiro atoms. The van der Waals surface area contributed by atoms with Crippen LogP contribution in [0.1, 0.15) is 23.1 Å². The molecule has 0 radical (unpaired) electrons. The Morgan fingerprint density at radius 3 is 3.00 bits per heavy atom. The molecule has 7 nitrogen and oxygen atoms in total. The fourth-order valence-corrected chi connectivity index (χ4v) is 2.69. The summed E-state index contributed by atoms with van der Waals surface area (Å²) < 4.78 is 8.25. The lowest BCUT2D eigenvalue weighted by Gasteiger charge is -2.06. The average molecular weight is 323 g/mol. The van der Waals surface area contributed by atoms with Crippen LogP contribution in [0.25, 0.3) is 11.0 Å². The second-order valence-corrected chi connectivity index (χ2v) is 5.26. The number of aryl methyl sites for hydroxylation is 1. The van der Waals surface area contributed by atoms with Crippen LogP contribution in [0.5, 0.6) is 0 Å². The van der Waals surface area contributed by atoms with E-state index >= 15 is 0 Å². The maximum atomic E-state index is 12.3. The van der Waals surface area contributed by atoms with Crippen molar-refractivity contribution >= 4 is 51.6 Å². The number of hydrogen-bond acceptors (Lipinski definition) is 6. The maximum absolute atomic E-state index is 12.3. The number of nitrogen functional groups attached to an aromatic ring is 1. The highest BCUT2D eigenvalue weighted by Gasteiger charge is 2.19. The Morgan fingerprint density at radius 1 is 1.48 bits per heavy atom. The monoisotopic (exact) mass is 322 g/mol. The number of halogens is 1. The van der Waals surface area contributed by atoms with Crippen LogP contribution in [-0.2, 0) is 6.42 Å². The van der Waals surface area contributed by atoms with Gasteiger partial charge in [0.1, 0.15) is 11.0 Å². The zero-order valence-electron chi connectivity index (χ0n) is 11.0. The molecule has 1 aromatic carbocycles. The number of anilines is 2. The Hall–Kier alpha value is -2.19. The summed E-state index contributed by atoms with van der Waals surface area (Å²) in [5.41, 5.74) is 8.72. The number of carbonyl (C=O) groups excluding carboxylic acids is 1. The Labute approximate surface area is 128 Å². The molecule has 1 amide bonds. The predicted molar refractivity (Wildman–Crippen MR) is 82.8 cm³/mol. The van der Waals surface area contributed by atoms with Crippen molar-refractivity contribution in [3.8, 4) is 0 Å². The van der Waals surface area contributed by atoms with Crippen LogP contribution in [0.2, 0.25) is 5.02 Å². The molecule has 0 aliphatic carbocycles. The van der Waals surface area contributed by atoms with E-state index in [1.54, 1.807) is 12.1 Å². The van der Waals surface area contributed by atoms with Gasteiger partial charge < -0.3 is 11.1 Å². The second kappa shape index (κ2) is 5.30. The van der Waals surface area contributed by atoms with Gasteiger partial charge >= 0.3 is 0 Å². The number of carbonyl (C=O) groups is 1. The standard InChI is InChI=1S/C12H11ClN6OS/c1-2-6-8(14)11(17-16-6)12(20)15-9-5(13)3-4-7-10(9)19-21-18-7/h3-4H,2,14H2,1H3,(H,15,20)(H,16,17). The van der Waals surface area contributed by atoms with E-state index < -0.39 is 5.91 Å². The van der Waals surface area contributed by atoms with Crippen molar-refractivity contribution in [1.29, 1.82) is 0 Å². The summed E-state index contributed by atoms with van der Waals surface area (Å²) in [4.78, 5) is 12.3. The number of H-pyrrole nitrogens is 1. The smallest absolute Gasteiger partial charge is 0.278 e. The van der Waals surface area contributed by atoms with Crippen molar-refractivity contribution in [3.63, 3.8) is 0 Å². The van der Waals surface area contributed by atoms with Crippen molar-refractivity contribution < 1.29 is 4.79 Å². The zero-order chi connectivity index (χ0) is 15.0. The van der Waals surface area contributed by atoms with Crippen LogP contribution < -0.4 is 11.1 Å². The largest absolute Gasteiger partial charge is 0.395 e. The SMILES string of the molecule is CCc1[nH]nc(C(=O)Nc2c(Cl)ccc3nsnc23)c1N. The molecule has 0 aliphatic rings. The van der Waals surface area contributed by atoms with Gasteiger partial charge in [-0.25, -0.2) is 0 Å². The Morgan fingerprint density at radius 2 is 2.29 bits per heavy atom. The van der Waals surface area contributed by atoms with Gasteiger partial charge in [-0.05, 0) is 18.6 Å². The van der Waals surface area contributed by atoms with Gasteiger partial charge in [0.15, 0.2) is 5.69 Å². The summed E-state index contributed by atoms with van der Waals surface area (Å²) in [6.07, 6.45) is 0.665. The lowest BCUT2D eigenvalue weighted by molar-refractivity contribution is 0.102. The van der Waals surface area contributed by atoms with E-state index in [1.807, 2.05) is 6.92 Å². The molecule has 3 aromatic rings. The molecule has 0 aliphatic heterocycles. The van der Waals surface area contributed by atoms with E-state index in [-0.39, 0.29) is 5.69 Å². The fraction of sp³-hybridized carbons (Fsp3) is 0.167. The van der Waals surface area contributed by atoms with E-state index in [9.17, 15) is 4.79 Å². The second-order valence-electron chi connectivity index (χ2n) is 4.33. The first-order valence-electron chi connectivity index (χ1n) is 6.16. The first-order chi connectivity index (χ1) is 10.1. The van der Waals surface area contributed by atoms with Crippen molar-refractivity contribution in [2.45, 2.75) is 13.3 Å². The quantitative estimate of drug-likeness (QED) is 0.686. The van der Waals surface area contributed by atoms with E-state index in [2.05, 4.69) is 24.3 Å². The van der Waals surface area contributed by atoms with Crippen LogP contribution in [-0.4, -0.2) is 24.9 Å². The van der Waals surface area contributed by atoms with Crippen molar-refractivity contribution in [2.24, 2.45) is 0 Å². The van der Waals surface area contributed by atoms with Crippen molar-refractivity contribution in [3.05, 3.63) is 28.5 Å². The molecule has 0 bridgehead atoms. The number of nitrogens with one attached hydrogen (secondary N) is 2. The highest BCUT2D eigenvalue weighted by Crippen LogP contribution is 2.30. The van der Waals surface area contributed by atoms with Crippen LogP contribution in [0.4, 0.5) is 11.4 Å². The Bertz CT molecular complexity index is 826. The van der Waals surface area contributed by atoms with E-state index in [0.717, 1.165) is 17.4 Å². The molecule has 2 heterocycles. The molecule has 108 valence electrons. The molecule has 9 heteroatoms. The number of benzene rings is 1. The molecular weight excluding hydrogens is 312 g/mol. The minimum atomic E-state index is -0.439. The van der Waals surface area contributed by atoms with Gasteiger partial charge in [-0.2, -0.15) is 13.8 Å². The summed E-state index contributed by atoms with van der Waals surface area (Å²) in [6.45, 7) is 1.92. The van der Waals surface area contributed by atoms with E-state index in [0.29, 0.717) is 33.9 Å². The third-order valence-electron chi connectivity index (χ3n) is 3.07. The summed E-state index contributed by atoms with van der Waals surface area (Å²) >= 11 is 7.18. The Balaban J connectivity index is 1.98. The lowest BCUT2D eigenvalue weighted by Crippen LogP contribution is -2.15. The number of aromatic nitrogens is 4. The van der Waals surface area contributed by atoms with Crippen molar-refractivity contribution in [2.75, 3.05) is 11.1 Å². The van der Waals surface area contributed by atoms with Crippen molar-refractivity contribution in [1.82, 2.24) is 18.9 Å². The molecule has 3 rings (SSSR count). The molecule has 21 heavy (non-hydrogen) atoms. The molecule has 0 atom stereocenters. The van der Waals surface area contributed by atoms with Gasteiger partial charge in [0.2, 0.25) is 0 Å². The van der Waals surface area contributed by atoms with E-state index in [1.165, 1.54) is 0 Å². The number of nitrogens with zero attached hydrogens (tertiary/aromatic N) is 3. The van der Waals surface area contributed by atoms with Gasteiger partial charge in [0.05, 0.1) is 33.8 Å². The highest BCUT2D eigenvalue weighted by molar-refractivity contribution is 7.00. The summed E-state index contributed by atoms with van der Waals surface area (Å²) in [6, 6.07) is 3.40. The van der Waals surface area contributed by atoms with Gasteiger partial charge in [0, 0.05) is 0 Å². The minimum Gasteiger partial charge on any atom is -0.395 e. The van der Waals surface area contributed by atoms with Crippen LogP contribution in [0.15, 0.2) is 12.1 Å². The van der Waals surface area contributed by atoms with E-state index in [4.69, 9.17) is 17.3 Å². The number of nitrogens with two attached hydrogens (primary N) is 1. The average Bonchev–Trinajstić information content (AvgIpc) is 3.08. The van der Waals surface area contributed by atoms with Gasteiger partial charge in [-0.3, -0.25) is 9.89 Å². The first kappa shape index (κ1) is 13.8. The molecule has 0 saturated carbocycles. The summed E-state index contributed by atoms with van der Waals surface area (Å²) in [7, 11) is 0. The topological polar surface area (TPSA) is 110 Å². The molecule has 2 aromatic heterocycles. The third-order valence-corrected chi connectivity index (χ3v) is 3.92. The van der Waals surface area contributed by atoms with Crippen LogP contribution in [0.3, 0.4) is 0 Å². The van der Waals surface area contributed by atoms with Gasteiger partial charge in [-0.1, -0.05) is 18.5 Å². The third kappa shape index (κ3) is 2.32.